The maximum atomic E-state index is 5.92. The zero-order valence-electron chi connectivity index (χ0n) is 9.80. The number of ether oxygens (including phenoxy) is 1. The molecule has 0 spiro atoms. The lowest BCUT2D eigenvalue weighted by Gasteiger charge is -2.31. The molecule has 2 heteroatoms. The molecule has 1 aromatic rings. The lowest BCUT2D eigenvalue weighted by molar-refractivity contribution is 0.158. The van der Waals surface area contributed by atoms with Crippen molar-refractivity contribution in [1.82, 2.24) is 0 Å². The van der Waals surface area contributed by atoms with E-state index in [9.17, 15) is 0 Å². The molecule has 0 radical (unpaired) electrons. The minimum atomic E-state index is -0.269. The van der Waals surface area contributed by atoms with Crippen molar-refractivity contribution in [2.45, 2.75) is 26.4 Å². The minimum absolute atomic E-state index is 0.269. The van der Waals surface area contributed by atoms with Crippen molar-refractivity contribution >= 4 is 21.5 Å². The van der Waals surface area contributed by atoms with Crippen molar-refractivity contribution in [2.75, 3.05) is 0 Å². The van der Waals surface area contributed by atoms with Gasteiger partial charge in [0.15, 0.2) is 0 Å². The summed E-state index contributed by atoms with van der Waals surface area (Å²) in [5.41, 5.74) is 3.08. The van der Waals surface area contributed by atoms with Gasteiger partial charge in [-0.15, -0.1) is 0 Å². The summed E-state index contributed by atoms with van der Waals surface area (Å²) in [5, 5.41) is 0. The van der Waals surface area contributed by atoms with Gasteiger partial charge < -0.3 is 4.74 Å². The molecule has 2 rings (SSSR count). The van der Waals surface area contributed by atoms with E-state index in [2.05, 4.69) is 48.5 Å². The highest BCUT2D eigenvalue weighted by molar-refractivity contribution is 9.10. The highest BCUT2D eigenvalue weighted by Crippen LogP contribution is 2.40. The van der Waals surface area contributed by atoms with Crippen LogP contribution in [0.25, 0.3) is 5.57 Å². The van der Waals surface area contributed by atoms with Gasteiger partial charge in [0.05, 0.1) is 0 Å². The molecular formula is C14H15BrO. The minimum Gasteiger partial charge on any atom is -0.483 e. The van der Waals surface area contributed by atoms with Crippen LogP contribution in [0.1, 0.15) is 26.3 Å². The van der Waals surface area contributed by atoms with Gasteiger partial charge in [0.2, 0.25) is 0 Å². The molecule has 84 valence electrons. The first-order chi connectivity index (χ1) is 7.39. The molecule has 1 aliphatic rings. The van der Waals surface area contributed by atoms with Crippen LogP contribution < -0.4 is 4.74 Å². The molecule has 0 aliphatic carbocycles. The van der Waals surface area contributed by atoms with Crippen molar-refractivity contribution in [3.05, 3.63) is 46.5 Å². The van der Waals surface area contributed by atoms with Crippen molar-refractivity contribution in [3.63, 3.8) is 0 Å². The van der Waals surface area contributed by atoms with E-state index in [4.69, 9.17) is 4.74 Å². The van der Waals surface area contributed by atoms with Crippen LogP contribution in [0.5, 0.6) is 5.75 Å². The predicted octanol–water partition coefficient (Wildman–Crippen LogP) is 4.58. The van der Waals surface area contributed by atoms with Gasteiger partial charge in [-0.2, -0.15) is 0 Å². The number of hydrogen-bond acceptors (Lipinski definition) is 1. The van der Waals surface area contributed by atoms with E-state index in [-0.39, 0.29) is 5.60 Å². The largest absolute Gasteiger partial charge is 0.483 e. The Labute approximate surface area is 105 Å². The van der Waals surface area contributed by atoms with Crippen molar-refractivity contribution in [1.29, 1.82) is 0 Å². The zero-order chi connectivity index (χ0) is 11.9. The van der Waals surface area contributed by atoms with E-state index < -0.39 is 0 Å². The van der Waals surface area contributed by atoms with Gasteiger partial charge in [0.25, 0.3) is 0 Å². The van der Waals surface area contributed by atoms with E-state index in [0.29, 0.717) is 0 Å². The van der Waals surface area contributed by atoms with Gasteiger partial charge in [0.1, 0.15) is 11.4 Å². The summed E-state index contributed by atoms with van der Waals surface area (Å²) in [7, 11) is 0. The van der Waals surface area contributed by atoms with Crippen LogP contribution in [-0.2, 0) is 0 Å². The molecule has 0 unspecified atom stereocenters. The molecule has 0 amide bonds. The van der Waals surface area contributed by atoms with E-state index in [1.165, 1.54) is 5.57 Å². The maximum absolute atomic E-state index is 5.92. The molecule has 0 saturated heterocycles. The van der Waals surface area contributed by atoms with Crippen LogP contribution in [-0.4, -0.2) is 5.60 Å². The summed E-state index contributed by atoms with van der Waals surface area (Å²) in [6.45, 7) is 10.2. The molecule has 1 heterocycles. The van der Waals surface area contributed by atoms with E-state index in [0.717, 1.165) is 21.4 Å². The van der Waals surface area contributed by atoms with Gasteiger partial charge >= 0.3 is 0 Å². The normalized spacial score (nSPS) is 17.1. The van der Waals surface area contributed by atoms with Gasteiger partial charge in [0, 0.05) is 10.0 Å². The number of fused-ring (bicyclic) bond motifs is 1. The molecule has 0 bridgehead atoms. The summed E-state index contributed by atoms with van der Waals surface area (Å²) in [5.74, 6) is 0.925. The maximum Gasteiger partial charge on any atom is 0.128 e. The van der Waals surface area contributed by atoms with Crippen LogP contribution in [0.2, 0.25) is 0 Å². The van der Waals surface area contributed by atoms with Crippen molar-refractivity contribution < 1.29 is 4.74 Å². The highest BCUT2D eigenvalue weighted by atomic mass is 79.9. The predicted molar refractivity (Wildman–Crippen MR) is 71.6 cm³/mol. The number of rotatable bonds is 1. The number of allylic oxidation sites excluding steroid dienone is 2. The fourth-order valence-corrected chi connectivity index (χ4v) is 2.25. The Bertz CT molecular complexity index is 484. The lowest BCUT2D eigenvalue weighted by atomic mass is 9.91. The molecule has 1 aliphatic heterocycles. The second-order valence-electron chi connectivity index (χ2n) is 4.68. The van der Waals surface area contributed by atoms with Crippen LogP contribution in [0.15, 0.2) is 40.9 Å². The second-order valence-corrected chi connectivity index (χ2v) is 5.60. The fourth-order valence-electron chi connectivity index (χ4n) is 1.89. The molecule has 0 N–H and O–H groups in total. The van der Waals surface area contributed by atoms with Crippen molar-refractivity contribution in [3.8, 4) is 5.75 Å². The summed E-state index contributed by atoms with van der Waals surface area (Å²) < 4.78 is 6.97. The Hall–Kier alpha value is -1.02. The SMILES string of the molecule is C=C(C)C1=CC(C)(C)Oc2ccc(Br)cc21. The molecule has 16 heavy (non-hydrogen) atoms. The zero-order valence-corrected chi connectivity index (χ0v) is 11.4. The Balaban J connectivity index is 2.63. The Morgan fingerprint density at radius 2 is 2.06 bits per heavy atom. The van der Waals surface area contributed by atoms with E-state index in [1.807, 2.05) is 19.1 Å². The number of hydrogen-bond donors (Lipinski definition) is 0. The number of benzene rings is 1. The molecular weight excluding hydrogens is 264 g/mol. The fraction of sp³-hybridized carbons (Fsp3) is 0.286. The van der Waals surface area contributed by atoms with E-state index >= 15 is 0 Å². The van der Waals surface area contributed by atoms with Crippen LogP contribution >= 0.6 is 15.9 Å². The lowest BCUT2D eigenvalue weighted by Crippen LogP contribution is -2.29. The van der Waals surface area contributed by atoms with Gasteiger partial charge in [-0.05, 0) is 50.6 Å². The average Bonchev–Trinajstić information content (AvgIpc) is 2.16. The van der Waals surface area contributed by atoms with Crippen LogP contribution in [0.4, 0.5) is 0 Å². The highest BCUT2D eigenvalue weighted by Gasteiger charge is 2.26. The van der Waals surface area contributed by atoms with Crippen LogP contribution in [0.3, 0.4) is 0 Å². The van der Waals surface area contributed by atoms with Crippen molar-refractivity contribution in [2.24, 2.45) is 0 Å². The number of halogens is 1. The summed E-state index contributed by atoms with van der Waals surface area (Å²) >= 11 is 3.48. The average molecular weight is 279 g/mol. The first-order valence-electron chi connectivity index (χ1n) is 5.27. The van der Waals surface area contributed by atoms with Gasteiger partial charge in [-0.1, -0.05) is 28.1 Å². The standard InChI is InChI=1S/C14H15BrO/c1-9(2)12-8-14(3,4)16-13-6-5-10(15)7-11(12)13/h5-8H,1H2,2-4H3. The first kappa shape index (κ1) is 11.5. The third kappa shape index (κ3) is 2.07. The second kappa shape index (κ2) is 3.77. The topological polar surface area (TPSA) is 9.23 Å². The van der Waals surface area contributed by atoms with Gasteiger partial charge in [-0.25, -0.2) is 0 Å². The van der Waals surface area contributed by atoms with Crippen LogP contribution in [0, 0.1) is 0 Å². The molecule has 0 aromatic heterocycles. The summed E-state index contributed by atoms with van der Waals surface area (Å²) in [4.78, 5) is 0. The smallest absolute Gasteiger partial charge is 0.128 e. The third-order valence-corrected chi connectivity index (χ3v) is 3.05. The first-order valence-corrected chi connectivity index (χ1v) is 6.06. The molecule has 1 aromatic carbocycles. The Morgan fingerprint density at radius 3 is 2.69 bits per heavy atom. The van der Waals surface area contributed by atoms with E-state index in [1.54, 1.807) is 0 Å². The summed E-state index contributed by atoms with van der Waals surface area (Å²) in [6.07, 6.45) is 2.13. The molecule has 1 nitrogen and oxygen atoms in total. The quantitative estimate of drug-likeness (QED) is 0.731. The molecule has 0 fully saturated rings. The third-order valence-electron chi connectivity index (χ3n) is 2.56. The Morgan fingerprint density at radius 1 is 1.38 bits per heavy atom. The van der Waals surface area contributed by atoms with Gasteiger partial charge in [-0.3, -0.25) is 0 Å². The molecule has 0 saturated carbocycles. The Kier molecular flexibility index (Phi) is 2.70. The monoisotopic (exact) mass is 278 g/mol. The summed E-state index contributed by atoms with van der Waals surface area (Å²) in [6, 6.07) is 6.07. The molecule has 0 atom stereocenters.